The lowest BCUT2D eigenvalue weighted by Gasteiger charge is -2.17. The Hall–Kier alpha value is -2.47. The number of H-pyrrole nitrogens is 1. The van der Waals surface area contributed by atoms with Crippen molar-refractivity contribution in [2.24, 2.45) is 0 Å². The van der Waals surface area contributed by atoms with Crippen LogP contribution >= 0.6 is 0 Å². The van der Waals surface area contributed by atoms with Crippen LogP contribution in [-0.4, -0.2) is 41.3 Å². The molecule has 0 amide bonds. The fourth-order valence-corrected chi connectivity index (χ4v) is 2.96. The van der Waals surface area contributed by atoms with E-state index in [1.165, 1.54) is 12.1 Å². The molecule has 1 aromatic carbocycles. The van der Waals surface area contributed by atoms with Gasteiger partial charge in [-0.1, -0.05) is 0 Å². The molecule has 6 heteroatoms. The number of rotatable bonds is 3. The van der Waals surface area contributed by atoms with Crippen LogP contribution in [-0.2, 0) is 4.74 Å². The molecule has 5 nitrogen and oxygen atoms in total. The molecule has 118 valence electrons. The number of aromatic amines is 1. The van der Waals surface area contributed by atoms with E-state index in [1.807, 2.05) is 12.1 Å². The van der Waals surface area contributed by atoms with E-state index in [4.69, 9.17) is 4.74 Å². The zero-order chi connectivity index (χ0) is 15.8. The minimum absolute atomic E-state index is 0.279. The lowest BCUT2D eigenvalue weighted by atomic mass is 10.2. The Kier molecular flexibility index (Phi) is 3.46. The molecule has 1 aliphatic rings. The third-order valence-corrected chi connectivity index (χ3v) is 4.27. The summed E-state index contributed by atoms with van der Waals surface area (Å²) in [5, 5.41) is 0. The highest BCUT2D eigenvalue weighted by Gasteiger charge is 2.23. The molecule has 3 heterocycles. The van der Waals surface area contributed by atoms with Crippen LogP contribution < -0.4 is 4.90 Å². The molecule has 0 bridgehead atoms. The fourth-order valence-electron chi connectivity index (χ4n) is 2.96. The number of halogens is 1. The topological polar surface area (TPSA) is 54.0 Å². The van der Waals surface area contributed by atoms with Crippen LogP contribution in [0.1, 0.15) is 6.42 Å². The smallest absolute Gasteiger partial charge is 0.140 e. The fraction of sp³-hybridized carbons (Fsp3) is 0.294. The van der Waals surface area contributed by atoms with Gasteiger partial charge in [0.2, 0.25) is 0 Å². The third-order valence-electron chi connectivity index (χ3n) is 4.27. The Morgan fingerprint density at radius 2 is 2.22 bits per heavy atom. The van der Waals surface area contributed by atoms with Gasteiger partial charge in [0.15, 0.2) is 0 Å². The monoisotopic (exact) mass is 312 g/mol. The zero-order valence-electron chi connectivity index (χ0n) is 12.8. The van der Waals surface area contributed by atoms with Crippen LogP contribution in [0.2, 0.25) is 0 Å². The summed E-state index contributed by atoms with van der Waals surface area (Å²) in [4.78, 5) is 14.4. The first-order valence-electron chi connectivity index (χ1n) is 7.62. The molecular formula is C17H17FN4O. The Balaban J connectivity index is 1.59. The SMILES string of the molecule is CO[C@@H]1CCN(c2ccc(-c3nc4cc(F)ccc4[nH]3)cn2)C1. The predicted octanol–water partition coefficient (Wildman–Crippen LogP) is 2.99. The van der Waals surface area contributed by atoms with Gasteiger partial charge in [-0.2, -0.15) is 0 Å². The first-order valence-corrected chi connectivity index (χ1v) is 7.62. The molecule has 1 atom stereocenters. The van der Waals surface area contributed by atoms with Gasteiger partial charge in [0.1, 0.15) is 17.5 Å². The average Bonchev–Trinajstić information content (AvgIpc) is 3.21. The number of benzene rings is 1. The van der Waals surface area contributed by atoms with Gasteiger partial charge in [-0.3, -0.25) is 0 Å². The van der Waals surface area contributed by atoms with E-state index in [9.17, 15) is 4.39 Å². The Morgan fingerprint density at radius 1 is 1.30 bits per heavy atom. The molecule has 0 spiro atoms. The Labute approximate surface area is 133 Å². The van der Waals surface area contributed by atoms with Crippen LogP contribution in [0.5, 0.6) is 0 Å². The molecule has 0 unspecified atom stereocenters. The molecular weight excluding hydrogens is 295 g/mol. The number of pyridine rings is 1. The van der Waals surface area contributed by atoms with Crippen molar-refractivity contribution in [1.82, 2.24) is 15.0 Å². The molecule has 2 aromatic heterocycles. The number of anilines is 1. The van der Waals surface area contributed by atoms with E-state index >= 15 is 0 Å². The van der Waals surface area contributed by atoms with E-state index in [2.05, 4.69) is 19.9 Å². The van der Waals surface area contributed by atoms with Crippen molar-refractivity contribution in [3.63, 3.8) is 0 Å². The van der Waals surface area contributed by atoms with Crippen molar-refractivity contribution in [3.8, 4) is 11.4 Å². The number of hydrogen-bond donors (Lipinski definition) is 1. The largest absolute Gasteiger partial charge is 0.380 e. The van der Waals surface area contributed by atoms with Crippen molar-refractivity contribution in [3.05, 3.63) is 42.3 Å². The lowest BCUT2D eigenvalue weighted by Crippen LogP contribution is -2.22. The normalized spacial score (nSPS) is 18.0. The quantitative estimate of drug-likeness (QED) is 0.808. The van der Waals surface area contributed by atoms with Crippen LogP contribution in [0.3, 0.4) is 0 Å². The second-order valence-corrected chi connectivity index (χ2v) is 5.74. The second-order valence-electron chi connectivity index (χ2n) is 5.74. The van der Waals surface area contributed by atoms with Crippen molar-refractivity contribution in [2.75, 3.05) is 25.1 Å². The number of fused-ring (bicyclic) bond motifs is 1. The maximum atomic E-state index is 13.3. The highest BCUT2D eigenvalue weighted by molar-refractivity contribution is 5.79. The molecule has 0 saturated carbocycles. The molecule has 1 saturated heterocycles. The summed E-state index contributed by atoms with van der Waals surface area (Å²) in [5.41, 5.74) is 2.31. The van der Waals surface area contributed by atoms with Crippen LogP contribution in [0.4, 0.5) is 10.2 Å². The number of methoxy groups -OCH3 is 1. The van der Waals surface area contributed by atoms with Gasteiger partial charge in [-0.15, -0.1) is 0 Å². The second kappa shape index (κ2) is 5.62. The predicted molar refractivity (Wildman–Crippen MR) is 86.9 cm³/mol. The van der Waals surface area contributed by atoms with E-state index in [0.29, 0.717) is 11.3 Å². The molecule has 4 rings (SSSR count). The number of ether oxygens (including phenoxy) is 1. The van der Waals surface area contributed by atoms with Crippen molar-refractivity contribution in [1.29, 1.82) is 0 Å². The number of hydrogen-bond acceptors (Lipinski definition) is 4. The van der Waals surface area contributed by atoms with Crippen molar-refractivity contribution < 1.29 is 9.13 Å². The summed E-state index contributed by atoms with van der Waals surface area (Å²) in [6, 6.07) is 8.51. The molecule has 0 aliphatic carbocycles. The van der Waals surface area contributed by atoms with Gasteiger partial charge in [0, 0.05) is 38.0 Å². The molecule has 3 aromatic rings. The number of aromatic nitrogens is 3. The average molecular weight is 312 g/mol. The van der Waals surface area contributed by atoms with Gasteiger partial charge >= 0.3 is 0 Å². The number of nitrogens with one attached hydrogen (secondary N) is 1. The first-order chi connectivity index (χ1) is 11.2. The van der Waals surface area contributed by atoms with E-state index in [-0.39, 0.29) is 11.9 Å². The van der Waals surface area contributed by atoms with E-state index in [1.54, 1.807) is 19.4 Å². The van der Waals surface area contributed by atoms with E-state index < -0.39 is 0 Å². The summed E-state index contributed by atoms with van der Waals surface area (Å²) >= 11 is 0. The third kappa shape index (κ3) is 2.66. The summed E-state index contributed by atoms with van der Waals surface area (Å²) in [6.45, 7) is 1.82. The highest BCUT2D eigenvalue weighted by atomic mass is 19.1. The minimum Gasteiger partial charge on any atom is -0.380 e. The van der Waals surface area contributed by atoms with Crippen molar-refractivity contribution in [2.45, 2.75) is 12.5 Å². The summed E-state index contributed by atoms with van der Waals surface area (Å²) in [5.74, 6) is 1.35. The van der Waals surface area contributed by atoms with Crippen LogP contribution in [0, 0.1) is 5.82 Å². The minimum atomic E-state index is -0.286. The van der Waals surface area contributed by atoms with Gasteiger partial charge < -0.3 is 14.6 Å². The maximum Gasteiger partial charge on any atom is 0.140 e. The summed E-state index contributed by atoms with van der Waals surface area (Å²) in [7, 11) is 1.75. The summed E-state index contributed by atoms with van der Waals surface area (Å²) in [6.07, 6.45) is 3.10. The van der Waals surface area contributed by atoms with Gasteiger partial charge in [-0.25, -0.2) is 14.4 Å². The zero-order valence-corrected chi connectivity index (χ0v) is 12.8. The number of nitrogens with zero attached hydrogens (tertiary/aromatic N) is 3. The maximum absolute atomic E-state index is 13.3. The van der Waals surface area contributed by atoms with Gasteiger partial charge in [-0.05, 0) is 30.7 Å². The van der Waals surface area contributed by atoms with E-state index in [0.717, 1.165) is 36.4 Å². The van der Waals surface area contributed by atoms with Crippen LogP contribution in [0.15, 0.2) is 36.5 Å². The Morgan fingerprint density at radius 3 is 2.96 bits per heavy atom. The molecule has 1 aliphatic heterocycles. The van der Waals surface area contributed by atoms with Gasteiger partial charge in [0.25, 0.3) is 0 Å². The molecule has 23 heavy (non-hydrogen) atoms. The molecule has 0 radical (unpaired) electrons. The molecule has 1 N–H and O–H groups in total. The standard InChI is InChI=1S/C17H17FN4O/c1-23-13-6-7-22(10-13)16-5-2-11(9-19-16)17-20-14-4-3-12(18)8-15(14)21-17/h2-5,8-9,13H,6-7,10H2,1H3,(H,20,21)/t13-/m1/s1. The summed E-state index contributed by atoms with van der Waals surface area (Å²) < 4.78 is 18.6. The molecule has 1 fully saturated rings. The van der Waals surface area contributed by atoms with Crippen LogP contribution in [0.25, 0.3) is 22.4 Å². The van der Waals surface area contributed by atoms with Gasteiger partial charge in [0.05, 0.1) is 17.1 Å². The van der Waals surface area contributed by atoms with Crippen molar-refractivity contribution >= 4 is 16.9 Å². The lowest BCUT2D eigenvalue weighted by molar-refractivity contribution is 0.121. The Bertz CT molecular complexity index is 830. The first kappa shape index (κ1) is 14.1. The highest BCUT2D eigenvalue weighted by Crippen LogP contribution is 2.24. The number of imidazole rings is 1.